The molecule has 0 saturated carbocycles. The van der Waals surface area contributed by atoms with Gasteiger partial charge in [-0.2, -0.15) is 0 Å². The first-order valence-corrected chi connectivity index (χ1v) is 7.91. The number of hydrogen-bond acceptors (Lipinski definition) is 3. The number of hydrogen-bond donors (Lipinski definition) is 1. The predicted octanol–water partition coefficient (Wildman–Crippen LogP) is 3.32. The average molecular weight is 345 g/mol. The fraction of sp³-hybridized carbons (Fsp3) is 0.222. The summed E-state index contributed by atoms with van der Waals surface area (Å²) < 4.78 is 5.37. The topological polar surface area (TPSA) is 58.6 Å². The van der Waals surface area contributed by atoms with E-state index in [1.165, 1.54) is 4.90 Å². The van der Waals surface area contributed by atoms with Gasteiger partial charge in [-0.25, -0.2) is 0 Å². The van der Waals surface area contributed by atoms with E-state index in [1.807, 2.05) is 32.0 Å². The summed E-state index contributed by atoms with van der Waals surface area (Å²) in [5.74, 6) is -0.0277. The highest BCUT2D eigenvalue weighted by molar-refractivity contribution is 6.31. The van der Waals surface area contributed by atoms with Crippen molar-refractivity contribution >= 4 is 34.8 Å². The molecule has 0 atom stereocenters. The zero-order valence-corrected chi connectivity index (χ0v) is 14.2. The van der Waals surface area contributed by atoms with Crippen LogP contribution < -0.4 is 15.0 Å². The third-order valence-electron chi connectivity index (χ3n) is 3.82. The molecule has 0 radical (unpaired) electrons. The van der Waals surface area contributed by atoms with Crippen LogP contribution in [-0.2, 0) is 9.59 Å². The molecule has 1 N–H and O–H groups in total. The van der Waals surface area contributed by atoms with Crippen LogP contribution in [0.5, 0.6) is 5.75 Å². The van der Waals surface area contributed by atoms with E-state index < -0.39 is 0 Å². The van der Waals surface area contributed by atoms with Gasteiger partial charge in [-0.1, -0.05) is 29.3 Å². The molecular formula is C18H17ClN2O3. The van der Waals surface area contributed by atoms with E-state index in [9.17, 15) is 9.59 Å². The molecule has 1 aliphatic rings. The first-order valence-electron chi connectivity index (χ1n) is 7.54. The van der Waals surface area contributed by atoms with Crippen LogP contribution in [0, 0.1) is 13.8 Å². The van der Waals surface area contributed by atoms with Crippen LogP contribution in [0.15, 0.2) is 36.4 Å². The maximum absolute atomic E-state index is 12.4. The lowest BCUT2D eigenvalue weighted by atomic mass is 10.1. The highest BCUT2D eigenvalue weighted by Crippen LogP contribution is 2.34. The molecule has 1 aliphatic heterocycles. The summed E-state index contributed by atoms with van der Waals surface area (Å²) in [6.45, 7) is 3.74. The van der Waals surface area contributed by atoms with Gasteiger partial charge in [0, 0.05) is 16.8 Å². The van der Waals surface area contributed by atoms with E-state index in [0.29, 0.717) is 16.5 Å². The normalized spacial score (nSPS) is 13.3. The fourth-order valence-electron chi connectivity index (χ4n) is 2.64. The van der Waals surface area contributed by atoms with Gasteiger partial charge in [0.2, 0.25) is 5.91 Å². The Hall–Kier alpha value is -2.53. The number of halogens is 1. The standard InChI is InChI=1S/C18H17ClN2O3/c1-11-3-5-14(12(2)7-11)20-17(22)9-21-15-6-4-13(19)8-16(15)24-10-18(21)23/h3-8H,9-10H2,1-2H3,(H,20,22). The Balaban J connectivity index is 1.78. The highest BCUT2D eigenvalue weighted by atomic mass is 35.5. The van der Waals surface area contributed by atoms with Crippen LogP contribution in [0.25, 0.3) is 0 Å². The Morgan fingerprint density at radius 2 is 2.04 bits per heavy atom. The second-order valence-electron chi connectivity index (χ2n) is 5.75. The van der Waals surface area contributed by atoms with Gasteiger partial charge in [0.15, 0.2) is 6.61 Å². The van der Waals surface area contributed by atoms with Crippen molar-refractivity contribution in [2.75, 3.05) is 23.4 Å². The number of amides is 2. The van der Waals surface area contributed by atoms with E-state index in [-0.39, 0.29) is 25.0 Å². The zero-order valence-electron chi connectivity index (χ0n) is 13.4. The Bertz CT molecular complexity index is 820. The Labute approximate surface area is 145 Å². The first-order chi connectivity index (χ1) is 11.4. The largest absolute Gasteiger partial charge is 0.482 e. The number of nitrogens with one attached hydrogen (secondary N) is 1. The van der Waals surface area contributed by atoms with Gasteiger partial charge in [-0.05, 0) is 37.6 Å². The van der Waals surface area contributed by atoms with Crippen molar-refractivity contribution in [2.24, 2.45) is 0 Å². The van der Waals surface area contributed by atoms with Gasteiger partial charge in [-0.3, -0.25) is 14.5 Å². The molecule has 2 aromatic carbocycles. The van der Waals surface area contributed by atoms with Gasteiger partial charge in [-0.15, -0.1) is 0 Å². The smallest absolute Gasteiger partial charge is 0.265 e. The number of fused-ring (bicyclic) bond motifs is 1. The minimum atomic E-state index is -0.266. The molecule has 0 aromatic heterocycles. The van der Waals surface area contributed by atoms with Crippen LogP contribution in [-0.4, -0.2) is 25.0 Å². The number of benzene rings is 2. The summed E-state index contributed by atoms with van der Waals surface area (Å²) in [6, 6.07) is 10.8. The average Bonchev–Trinajstić information content (AvgIpc) is 2.53. The number of ether oxygens (including phenoxy) is 1. The Kier molecular flexibility index (Phi) is 4.44. The lowest BCUT2D eigenvalue weighted by molar-refractivity contribution is -0.123. The van der Waals surface area contributed by atoms with Gasteiger partial charge in [0.05, 0.1) is 5.69 Å². The van der Waals surface area contributed by atoms with Gasteiger partial charge in [0.1, 0.15) is 12.3 Å². The number of aryl methyl sites for hydroxylation is 2. The second kappa shape index (κ2) is 6.53. The summed E-state index contributed by atoms with van der Waals surface area (Å²) in [5.41, 5.74) is 3.39. The van der Waals surface area contributed by atoms with E-state index in [0.717, 1.165) is 16.8 Å². The molecule has 3 rings (SSSR count). The van der Waals surface area contributed by atoms with Crippen LogP contribution in [0.3, 0.4) is 0 Å². The number of rotatable bonds is 3. The molecule has 6 heteroatoms. The van der Waals surface area contributed by atoms with Crippen molar-refractivity contribution in [1.29, 1.82) is 0 Å². The summed E-state index contributed by atoms with van der Waals surface area (Å²) in [4.78, 5) is 25.9. The minimum absolute atomic E-state index is 0.0792. The SMILES string of the molecule is Cc1ccc(NC(=O)CN2C(=O)COc3cc(Cl)ccc32)c(C)c1. The third kappa shape index (κ3) is 3.36. The quantitative estimate of drug-likeness (QED) is 0.929. The highest BCUT2D eigenvalue weighted by Gasteiger charge is 2.27. The van der Waals surface area contributed by atoms with Crippen molar-refractivity contribution in [3.8, 4) is 5.75 Å². The summed E-state index contributed by atoms with van der Waals surface area (Å²) >= 11 is 5.94. The lowest BCUT2D eigenvalue weighted by Gasteiger charge is -2.29. The summed E-state index contributed by atoms with van der Waals surface area (Å²) in [7, 11) is 0. The summed E-state index contributed by atoms with van der Waals surface area (Å²) in [5, 5.41) is 3.36. The maximum atomic E-state index is 12.4. The molecule has 0 bridgehead atoms. The number of carbonyl (C=O) groups excluding carboxylic acids is 2. The van der Waals surface area contributed by atoms with Gasteiger partial charge >= 0.3 is 0 Å². The molecule has 0 fully saturated rings. The number of carbonyl (C=O) groups is 2. The van der Waals surface area contributed by atoms with E-state index in [1.54, 1.807) is 18.2 Å². The Morgan fingerprint density at radius 1 is 1.25 bits per heavy atom. The minimum Gasteiger partial charge on any atom is -0.482 e. The van der Waals surface area contributed by atoms with Crippen LogP contribution in [0.2, 0.25) is 5.02 Å². The van der Waals surface area contributed by atoms with Crippen molar-refractivity contribution in [3.63, 3.8) is 0 Å². The van der Waals surface area contributed by atoms with Crippen LogP contribution in [0.4, 0.5) is 11.4 Å². The van der Waals surface area contributed by atoms with Gasteiger partial charge in [0.25, 0.3) is 5.91 Å². The van der Waals surface area contributed by atoms with E-state index in [2.05, 4.69) is 5.32 Å². The molecule has 0 spiro atoms. The Morgan fingerprint density at radius 3 is 2.79 bits per heavy atom. The molecule has 5 nitrogen and oxygen atoms in total. The van der Waals surface area contributed by atoms with Crippen molar-refractivity contribution in [1.82, 2.24) is 0 Å². The molecule has 1 heterocycles. The molecule has 0 unspecified atom stereocenters. The molecule has 124 valence electrons. The van der Waals surface area contributed by atoms with Crippen molar-refractivity contribution < 1.29 is 14.3 Å². The van der Waals surface area contributed by atoms with Crippen LogP contribution in [0.1, 0.15) is 11.1 Å². The molecule has 24 heavy (non-hydrogen) atoms. The summed E-state index contributed by atoms with van der Waals surface area (Å²) in [6.07, 6.45) is 0. The molecule has 2 aromatic rings. The second-order valence-corrected chi connectivity index (χ2v) is 6.18. The maximum Gasteiger partial charge on any atom is 0.265 e. The molecular weight excluding hydrogens is 328 g/mol. The zero-order chi connectivity index (χ0) is 17.3. The lowest BCUT2D eigenvalue weighted by Crippen LogP contribution is -2.43. The number of anilines is 2. The molecule has 2 amide bonds. The predicted molar refractivity (Wildman–Crippen MR) is 93.8 cm³/mol. The van der Waals surface area contributed by atoms with Crippen molar-refractivity contribution in [2.45, 2.75) is 13.8 Å². The van der Waals surface area contributed by atoms with Crippen molar-refractivity contribution in [3.05, 3.63) is 52.5 Å². The number of nitrogens with zero attached hydrogens (tertiary/aromatic N) is 1. The van der Waals surface area contributed by atoms with Crippen LogP contribution >= 0.6 is 11.6 Å². The molecule has 0 aliphatic carbocycles. The third-order valence-corrected chi connectivity index (χ3v) is 4.06. The molecule has 0 saturated heterocycles. The first kappa shape index (κ1) is 16.3. The monoisotopic (exact) mass is 344 g/mol. The van der Waals surface area contributed by atoms with Gasteiger partial charge < -0.3 is 10.1 Å². The van der Waals surface area contributed by atoms with E-state index in [4.69, 9.17) is 16.3 Å². The van der Waals surface area contributed by atoms with E-state index >= 15 is 0 Å². The fourth-order valence-corrected chi connectivity index (χ4v) is 2.80.